The predicted molar refractivity (Wildman–Crippen MR) is 143 cm³/mol. The molecule has 0 amide bonds. The first-order valence-corrected chi connectivity index (χ1v) is 13.1. The van der Waals surface area contributed by atoms with Gasteiger partial charge in [0.1, 0.15) is 23.0 Å². The van der Waals surface area contributed by atoms with Crippen molar-refractivity contribution in [2.45, 2.75) is 44.4 Å². The molecule has 4 bridgehead atoms. The van der Waals surface area contributed by atoms with E-state index < -0.39 is 0 Å². The van der Waals surface area contributed by atoms with Crippen LogP contribution in [0.5, 0.6) is 5.75 Å². The van der Waals surface area contributed by atoms with Crippen molar-refractivity contribution in [3.05, 3.63) is 83.0 Å². The first kappa shape index (κ1) is 22.9. The average Bonchev–Trinajstić information content (AvgIpc) is 3.52. The van der Waals surface area contributed by atoms with Crippen LogP contribution in [0.25, 0.3) is 5.69 Å². The highest BCUT2D eigenvalue weighted by molar-refractivity contribution is 6.29. The van der Waals surface area contributed by atoms with Gasteiger partial charge in [0, 0.05) is 36.0 Å². The smallest absolute Gasteiger partial charge is 0.229 e. The highest BCUT2D eigenvalue weighted by Gasteiger charge is 2.29. The Hall–Kier alpha value is -3.58. The Morgan fingerprint density at radius 2 is 1.89 bits per heavy atom. The number of ether oxygens (including phenoxy) is 1. The van der Waals surface area contributed by atoms with Gasteiger partial charge >= 0.3 is 0 Å². The SMILES string of the molecule is Clc1cn(-c2ccc3cc2OCCCCCCNc2nc(nc4c2CCC4c2ccccc2)N3)cn1. The molecule has 1 aliphatic heterocycles. The van der Waals surface area contributed by atoms with Gasteiger partial charge in [0.25, 0.3) is 0 Å². The number of nitrogens with zero attached hydrogens (tertiary/aromatic N) is 4. The van der Waals surface area contributed by atoms with E-state index in [-0.39, 0.29) is 5.92 Å². The van der Waals surface area contributed by atoms with E-state index in [9.17, 15) is 0 Å². The summed E-state index contributed by atoms with van der Waals surface area (Å²) >= 11 is 6.08. The number of anilines is 3. The van der Waals surface area contributed by atoms with Crippen molar-refractivity contribution in [1.29, 1.82) is 0 Å². The lowest BCUT2D eigenvalue weighted by molar-refractivity contribution is 0.304. The summed E-state index contributed by atoms with van der Waals surface area (Å²) in [7, 11) is 0. The minimum absolute atomic E-state index is 0.277. The minimum atomic E-state index is 0.277. The summed E-state index contributed by atoms with van der Waals surface area (Å²) in [6.07, 6.45) is 9.88. The van der Waals surface area contributed by atoms with E-state index in [1.165, 1.54) is 11.1 Å². The van der Waals surface area contributed by atoms with Crippen molar-refractivity contribution in [2.75, 3.05) is 23.8 Å². The number of nitrogens with one attached hydrogen (secondary N) is 2. The van der Waals surface area contributed by atoms with E-state index in [1.807, 2.05) is 22.8 Å². The molecule has 0 saturated carbocycles. The van der Waals surface area contributed by atoms with Crippen LogP contribution in [0.4, 0.5) is 17.5 Å². The summed E-state index contributed by atoms with van der Waals surface area (Å²) in [5.74, 6) is 2.60. The van der Waals surface area contributed by atoms with Crippen molar-refractivity contribution in [1.82, 2.24) is 19.5 Å². The van der Waals surface area contributed by atoms with Gasteiger partial charge in [0.05, 0.1) is 18.0 Å². The molecule has 7 nitrogen and oxygen atoms in total. The molecule has 0 saturated heterocycles. The number of halogens is 1. The molecule has 2 aromatic carbocycles. The van der Waals surface area contributed by atoms with Crippen molar-refractivity contribution < 1.29 is 4.74 Å². The number of aromatic nitrogens is 4. The fourth-order valence-electron chi connectivity index (χ4n) is 5.12. The average molecular weight is 501 g/mol. The van der Waals surface area contributed by atoms with Gasteiger partial charge in [0.2, 0.25) is 5.95 Å². The molecular weight excluding hydrogens is 472 g/mol. The van der Waals surface area contributed by atoms with Crippen LogP contribution in [0.1, 0.15) is 54.8 Å². The van der Waals surface area contributed by atoms with E-state index in [0.29, 0.717) is 17.7 Å². The Kier molecular flexibility index (Phi) is 6.47. The molecule has 2 aromatic heterocycles. The maximum atomic E-state index is 6.23. The lowest BCUT2D eigenvalue weighted by Gasteiger charge is -2.17. The lowest BCUT2D eigenvalue weighted by Crippen LogP contribution is -2.11. The van der Waals surface area contributed by atoms with Gasteiger partial charge in [-0.05, 0) is 43.4 Å². The van der Waals surface area contributed by atoms with E-state index in [4.69, 9.17) is 26.3 Å². The topological polar surface area (TPSA) is 76.9 Å². The molecule has 184 valence electrons. The summed E-state index contributed by atoms with van der Waals surface area (Å²) in [5.41, 5.74) is 5.43. The standard InChI is InChI=1S/C28H29ClN6O/c29-25-17-35(18-31-25)23-13-10-20-16-24(23)36-15-7-2-1-6-14-30-27-22-12-11-21(19-8-4-3-5-9-19)26(22)33-28(32-20)34-27/h3-5,8-10,13,16-18,21H,1-2,6-7,11-12,14-15H2,(H2,30,32,33,34). The van der Waals surface area contributed by atoms with Gasteiger partial charge in [-0.25, -0.2) is 9.97 Å². The number of hydrogen-bond donors (Lipinski definition) is 2. The van der Waals surface area contributed by atoms with Crippen LogP contribution >= 0.6 is 11.6 Å². The summed E-state index contributed by atoms with van der Waals surface area (Å²) < 4.78 is 8.12. The zero-order chi connectivity index (χ0) is 24.3. The molecule has 3 heterocycles. The summed E-state index contributed by atoms with van der Waals surface area (Å²) in [5, 5.41) is 7.51. The third-order valence-electron chi connectivity index (χ3n) is 6.92. The Morgan fingerprint density at radius 3 is 2.75 bits per heavy atom. The number of fused-ring (bicyclic) bond motifs is 6. The minimum Gasteiger partial charge on any atom is -0.491 e. The molecule has 36 heavy (non-hydrogen) atoms. The lowest BCUT2D eigenvalue weighted by atomic mass is 9.97. The second-order valence-electron chi connectivity index (χ2n) is 9.36. The van der Waals surface area contributed by atoms with E-state index in [0.717, 1.165) is 73.7 Å². The summed E-state index contributed by atoms with van der Waals surface area (Å²) in [6.45, 7) is 1.56. The van der Waals surface area contributed by atoms with Crippen LogP contribution in [0.3, 0.4) is 0 Å². The van der Waals surface area contributed by atoms with Gasteiger partial charge in [-0.3, -0.25) is 0 Å². The molecular formula is C28H29ClN6O. The van der Waals surface area contributed by atoms with Crippen molar-refractivity contribution in [3.63, 3.8) is 0 Å². The Balaban J connectivity index is 1.39. The van der Waals surface area contributed by atoms with Crippen LogP contribution < -0.4 is 15.4 Å². The third-order valence-corrected chi connectivity index (χ3v) is 7.12. The van der Waals surface area contributed by atoms with Crippen molar-refractivity contribution in [2.24, 2.45) is 0 Å². The normalized spacial score (nSPS) is 17.6. The van der Waals surface area contributed by atoms with Crippen LogP contribution in [0.15, 0.2) is 61.1 Å². The number of benzene rings is 2. The highest BCUT2D eigenvalue weighted by atomic mass is 35.5. The largest absolute Gasteiger partial charge is 0.491 e. The van der Waals surface area contributed by atoms with Crippen LogP contribution in [-0.2, 0) is 6.42 Å². The Bertz CT molecular complexity index is 1360. The molecule has 8 heteroatoms. The number of hydrogen-bond acceptors (Lipinski definition) is 6. The number of rotatable bonds is 2. The Labute approximate surface area is 215 Å². The molecule has 1 unspecified atom stereocenters. The first-order chi connectivity index (χ1) is 17.7. The quantitative estimate of drug-likeness (QED) is 0.327. The molecule has 4 aromatic rings. The number of imidazole rings is 1. The summed E-state index contributed by atoms with van der Waals surface area (Å²) in [4.78, 5) is 14.1. The van der Waals surface area contributed by atoms with Crippen molar-refractivity contribution >= 4 is 29.1 Å². The van der Waals surface area contributed by atoms with E-state index >= 15 is 0 Å². The molecule has 0 radical (unpaired) electrons. The van der Waals surface area contributed by atoms with E-state index in [1.54, 1.807) is 12.5 Å². The maximum Gasteiger partial charge on any atom is 0.229 e. The fraction of sp³-hybridized carbons (Fsp3) is 0.321. The Morgan fingerprint density at radius 1 is 1.00 bits per heavy atom. The zero-order valence-corrected chi connectivity index (χ0v) is 20.8. The van der Waals surface area contributed by atoms with Crippen LogP contribution in [0, 0.1) is 0 Å². The fourth-order valence-corrected chi connectivity index (χ4v) is 5.27. The maximum absolute atomic E-state index is 6.23. The van der Waals surface area contributed by atoms with Gasteiger partial charge in [-0.1, -0.05) is 54.8 Å². The molecule has 0 fully saturated rings. The molecule has 1 atom stereocenters. The predicted octanol–water partition coefficient (Wildman–Crippen LogP) is 6.50. The molecule has 2 aliphatic rings. The van der Waals surface area contributed by atoms with Crippen LogP contribution in [0.2, 0.25) is 5.15 Å². The second-order valence-corrected chi connectivity index (χ2v) is 9.75. The van der Waals surface area contributed by atoms with Crippen molar-refractivity contribution in [3.8, 4) is 11.4 Å². The summed E-state index contributed by atoms with van der Waals surface area (Å²) in [6, 6.07) is 16.7. The third kappa shape index (κ3) is 4.75. The molecule has 2 N–H and O–H groups in total. The first-order valence-electron chi connectivity index (χ1n) is 12.7. The van der Waals surface area contributed by atoms with Gasteiger partial charge in [-0.15, -0.1) is 0 Å². The van der Waals surface area contributed by atoms with Gasteiger partial charge < -0.3 is 19.9 Å². The second kappa shape index (κ2) is 10.2. The molecule has 1 aliphatic carbocycles. The highest BCUT2D eigenvalue weighted by Crippen LogP contribution is 2.40. The monoisotopic (exact) mass is 500 g/mol. The van der Waals surface area contributed by atoms with E-state index in [2.05, 4.69) is 45.9 Å². The van der Waals surface area contributed by atoms with Gasteiger partial charge in [-0.2, -0.15) is 4.98 Å². The van der Waals surface area contributed by atoms with Crippen LogP contribution in [-0.4, -0.2) is 32.7 Å². The molecule has 6 rings (SSSR count). The molecule has 0 spiro atoms. The van der Waals surface area contributed by atoms with Gasteiger partial charge in [0.15, 0.2) is 0 Å². The zero-order valence-electron chi connectivity index (χ0n) is 20.1.